The van der Waals surface area contributed by atoms with Crippen LogP contribution >= 0.6 is 0 Å². The number of amides is 1. The average molecular weight is 306 g/mol. The summed E-state index contributed by atoms with van der Waals surface area (Å²) in [5.74, 6) is 0.549. The van der Waals surface area contributed by atoms with Gasteiger partial charge in [-0.15, -0.1) is 0 Å². The van der Waals surface area contributed by atoms with Crippen LogP contribution in [0.2, 0.25) is 0 Å². The van der Waals surface area contributed by atoms with Gasteiger partial charge in [-0.1, -0.05) is 6.07 Å². The molecule has 1 aromatic carbocycles. The minimum atomic E-state index is -4.33. The first-order valence-corrected chi connectivity index (χ1v) is 6.11. The molecule has 0 aliphatic heterocycles. The van der Waals surface area contributed by atoms with E-state index in [0.717, 1.165) is 5.56 Å². The maximum absolute atomic E-state index is 11.9. The largest absolute Gasteiger partial charge is 0.493 e. The summed E-state index contributed by atoms with van der Waals surface area (Å²) in [5.41, 5.74) is 0.747. The third kappa shape index (κ3) is 6.35. The van der Waals surface area contributed by atoms with Crippen molar-refractivity contribution >= 4 is 5.91 Å². The van der Waals surface area contributed by atoms with Gasteiger partial charge in [-0.2, -0.15) is 13.2 Å². The van der Waals surface area contributed by atoms with Crippen molar-refractivity contribution in [1.29, 1.82) is 0 Å². The van der Waals surface area contributed by atoms with Crippen molar-refractivity contribution in [2.24, 2.45) is 0 Å². The number of rotatable bonds is 7. The quantitative estimate of drug-likeness (QED) is 0.801. The molecule has 5 nitrogen and oxygen atoms in total. The van der Waals surface area contributed by atoms with E-state index in [1.807, 2.05) is 5.32 Å². The molecular formula is C13H17F3N2O3. The molecule has 0 saturated carbocycles. The summed E-state index contributed by atoms with van der Waals surface area (Å²) in [6.45, 7) is -1.41. The van der Waals surface area contributed by atoms with E-state index in [9.17, 15) is 18.0 Å². The van der Waals surface area contributed by atoms with Crippen molar-refractivity contribution < 1.29 is 27.4 Å². The summed E-state index contributed by atoms with van der Waals surface area (Å²) >= 11 is 0. The highest BCUT2D eigenvalue weighted by atomic mass is 19.4. The lowest BCUT2D eigenvalue weighted by molar-refractivity contribution is -0.128. The monoisotopic (exact) mass is 306 g/mol. The van der Waals surface area contributed by atoms with Gasteiger partial charge in [0.15, 0.2) is 11.5 Å². The molecule has 0 aromatic heterocycles. The highest BCUT2D eigenvalue weighted by Crippen LogP contribution is 2.27. The van der Waals surface area contributed by atoms with Gasteiger partial charge < -0.3 is 20.1 Å². The van der Waals surface area contributed by atoms with Crippen LogP contribution in [-0.4, -0.2) is 39.4 Å². The van der Waals surface area contributed by atoms with Gasteiger partial charge >= 0.3 is 6.18 Å². The third-order valence-electron chi connectivity index (χ3n) is 2.55. The number of benzene rings is 1. The third-order valence-corrected chi connectivity index (χ3v) is 2.55. The summed E-state index contributed by atoms with van der Waals surface area (Å²) in [6.07, 6.45) is -4.33. The molecule has 1 aromatic rings. The Morgan fingerprint density at radius 2 is 1.86 bits per heavy atom. The second-order valence-electron chi connectivity index (χ2n) is 4.18. The Kier molecular flexibility index (Phi) is 6.29. The van der Waals surface area contributed by atoms with E-state index in [1.54, 1.807) is 18.2 Å². The first kappa shape index (κ1) is 17.1. The Bertz CT molecular complexity index is 478. The molecule has 0 fully saturated rings. The van der Waals surface area contributed by atoms with Crippen LogP contribution < -0.4 is 20.1 Å². The Labute approximate surface area is 120 Å². The lowest BCUT2D eigenvalue weighted by atomic mass is 10.2. The van der Waals surface area contributed by atoms with E-state index < -0.39 is 25.2 Å². The fraction of sp³-hybridized carbons (Fsp3) is 0.462. The van der Waals surface area contributed by atoms with E-state index >= 15 is 0 Å². The number of alkyl halides is 3. The molecule has 8 heteroatoms. The van der Waals surface area contributed by atoms with Crippen LogP contribution in [0.1, 0.15) is 5.56 Å². The van der Waals surface area contributed by atoms with Crippen molar-refractivity contribution in [3.05, 3.63) is 23.8 Å². The zero-order valence-electron chi connectivity index (χ0n) is 11.7. The molecule has 0 radical (unpaired) electrons. The highest BCUT2D eigenvalue weighted by Gasteiger charge is 2.26. The van der Waals surface area contributed by atoms with E-state index in [4.69, 9.17) is 9.47 Å². The average Bonchev–Trinajstić information content (AvgIpc) is 2.43. The molecule has 1 amide bonds. The fourth-order valence-corrected chi connectivity index (χ4v) is 1.57. The van der Waals surface area contributed by atoms with Crippen LogP contribution in [0.4, 0.5) is 13.2 Å². The second-order valence-corrected chi connectivity index (χ2v) is 4.18. The van der Waals surface area contributed by atoms with Crippen LogP contribution in [0.25, 0.3) is 0 Å². The summed E-state index contributed by atoms with van der Waals surface area (Å²) in [5, 5.41) is 4.53. The Balaban J connectivity index is 2.42. The smallest absolute Gasteiger partial charge is 0.401 e. The number of carbonyl (C=O) groups is 1. The molecule has 0 atom stereocenters. The van der Waals surface area contributed by atoms with Crippen molar-refractivity contribution in [3.63, 3.8) is 0 Å². The predicted octanol–water partition coefficient (Wildman–Crippen LogP) is 1.47. The van der Waals surface area contributed by atoms with Gasteiger partial charge in [0, 0.05) is 6.54 Å². The lowest BCUT2D eigenvalue weighted by Gasteiger charge is -2.11. The van der Waals surface area contributed by atoms with Crippen LogP contribution in [-0.2, 0) is 11.3 Å². The molecule has 21 heavy (non-hydrogen) atoms. The van der Waals surface area contributed by atoms with Crippen LogP contribution in [0.5, 0.6) is 11.5 Å². The van der Waals surface area contributed by atoms with Gasteiger partial charge in [-0.25, -0.2) is 0 Å². The Morgan fingerprint density at radius 3 is 2.43 bits per heavy atom. The van der Waals surface area contributed by atoms with Crippen molar-refractivity contribution in [2.45, 2.75) is 12.7 Å². The molecule has 0 spiro atoms. The van der Waals surface area contributed by atoms with Crippen molar-refractivity contribution in [2.75, 3.05) is 27.3 Å². The molecule has 0 heterocycles. The lowest BCUT2D eigenvalue weighted by Crippen LogP contribution is -2.38. The SMILES string of the molecule is COc1ccc(CNC(=O)CNCC(F)(F)F)cc1OC. The van der Waals surface area contributed by atoms with E-state index in [1.165, 1.54) is 14.2 Å². The molecular weight excluding hydrogens is 289 g/mol. The molecule has 118 valence electrons. The summed E-state index contributed by atoms with van der Waals surface area (Å²) in [7, 11) is 2.99. The van der Waals surface area contributed by atoms with Gasteiger partial charge in [0.2, 0.25) is 5.91 Å². The minimum Gasteiger partial charge on any atom is -0.493 e. The van der Waals surface area contributed by atoms with E-state index in [2.05, 4.69) is 5.32 Å². The molecule has 0 unspecified atom stereocenters. The zero-order valence-corrected chi connectivity index (χ0v) is 11.7. The van der Waals surface area contributed by atoms with Crippen molar-refractivity contribution in [1.82, 2.24) is 10.6 Å². The standard InChI is InChI=1S/C13H17F3N2O3/c1-20-10-4-3-9(5-11(10)21-2)6-18-12(19)7-17-8-13(14,15)16/h3-5,17H,6-8H2,1-2H3,(H,18,19). The van der Waals surface area contributed by atoms with Gasteiger partial charge in [0.05, 0.1) is 27.3 Å². The van der Waals surface area contributed by atoms with Crippen LogP contribution in [0, 0.1) is 0 Å². The molecule has 2 N–H and O–H groups in total. The number of methoxy groups -OCH3 is 2. The van der Waals surface area contributed by atoms with Gasteiger partial charge in [0.1, 0.15) is 0 Å². The maximum Gasteiger partial charge on any atom is 0.401 e. The normalized spacial score (nSPS) is 11.1. The van der Waals surface area contributed by atoms with Gasteiger partial charge in [-0.05, 0) is 17.7 Å². The van der Waals surface area contributed by atoms with Gasteiger partial charge in [0.25, 0.3) is 0 Å². The number of ether oxygens (including phenoxy) is 2. The zero-order chi connectivity index (χ0) is 15.9. The Morgan fingerprint density at radius 1 is 1.19 bits per heavy atom. The Hall–Kier alpha value is -1.96. The summed E-state index contributed by atoms with van der Waals surface area (Å²) in [6, 6.07) is 5.09. The highest BCUT2D eigenvalue weighted by molar-refractivity contribution is 5.78. The summed E-state index contributed by atoms with van der Waals surface area (Å²) in [4.78, 5) is 11.4. The van der Waals surface area contributed by atoms with E-state index in [0.29, 0.717) is 11.5 Å². The number of hydrogen-bond acceptors (Lipinski definition) is 4. The number of nitrogens with one attached hydrogen (secondary N) is 2. The van der Waals surface area contributed by atoms with E-state index in [-0.39, 0.29) is 6.54 Å². The van der Waals surface area contributed by atoms with Crippen LogP contribution in [0.15, 0.2) is 18.2 Å². The molecule has 1 rings (SSSR count). The second kappa shape index (κ2) is 7.72. The fourth-order valence-electron chi connectivity index (χ4n) is 1.57. The first-order valence-electron chi connectivity index (χ1n) is 6.11. The maximum atomic E-state index is 11.9. The molecule has 0 saturated heterocycles. The molecule has 0 bridgehead atoms. The predicted molar refractivity (Wildman–Crippen MR) is 70.3 cm³/mol. The first-order chi connectivity index (χ1) is 9.85. The number of carbonyl (C=O) groups excluding carboxylic acids is 1. The van der Waals surface area contributed by atoms with Crippen molar-refractivity contribution in [3.8, 4) is 11.5 Å². The minimum absolute atomic E-state index is 0.187. The van der Waals surface area contributed by atoms with Gasteiger partial charge in [-0.3, -0.25) is 4.79 Å². The topological polar surface area (TPSA) is 59.6 Å². The summed E-state index contributed by atoms with van der Waals surface area (Å²) < 4.78 is 45.9. The molecule has 0 aliphatic rings. The van der Waals surface area contributed by atoms with Crippen LogP contribution in [0.3, 0.4) is 0 Å². The molecule has 0 aliphatic carbocycles. The number of halogens is 3. The number of hydrogen-bond donors (Lipinski definition) is 2.